The molecule has 0 spiro atoms. The van der Waals surface area contributed by atoms with Crippen molar-refractivity contribution in [1.82, 2.24) is 10.6 Å². The Kier molecular flexibility index (Phi) is 22.2. The summed E-state index contributed by atoms with van der Waals surface area (Å²) in [6.07, 6.45) is 1.46. The first-order valence-corrected chi connectivity index (χ1v) is 15.5. The number of hydrogen-bond donors (Lipinski definition) is 3. The second kappa shape index (κ2) is 24.4. The van der Waals surface area contributed by atoms with Crippen LogP contribution in [0.1, 0.15) is 71.1 Å². The minimum absolute atomic E-state index is 0.144. The van der Waals surface area contributed by atoms with Crippen LogP contribution in [0.5, 0.6) is 5.75 Å². The van der Waals surface area contributed by atoms with Gasteiger partial charge in [0.25, 0.3) is 5.69 Å². The number of rotatable bonds is 11. The summed E-state index contributed by atoms with van der Waals surface area (Å²) in [5.74, 6) is 1.59. The van der Waals surface area contributed by atoms with E-state index in [1.165, 1.54) is 23.3 Å². The van der Waals surface area contributed by atoms with E-state index in [2.05, 4.69) is 55.7 Å². The molecule has 0 bridgehead atoms. The summed E-state index contributed by atoms with van der Waals surface area (Å²) < 4.78 is 10.8. The van der Waals surface area contributed by atoms with Gasteiger partial charge in [-0.3, -0.25) is 10.1 Å². The number of nitro benzene ring substituents is 1. The number of ether oxygens (including phenoxy) is 2. The molecule has 250 valence electrons. The van der Waals surface area contributed by atoms with Crippen LogP contribution in [0.3, 0.4) is 0 Å². The van der Waals surface area contributed by atoms with Crippen LogP contribution in [-0.4, -0.2) is 48.0 Å². The molecule has 3 aromatic carbocycles. The zero-order valence-corrected chi connectivity index (χ0v) is 28.5. The lowest BCUT2D eigenvalue weighted by Crippen LogP contribution is -2.34. The van der Waals surface area contributed by atoms with Crippen LogP contribution in [0.15, 0.2) is 78.9 Å². The molecule has 0 fully saturated rings. The molecular weight excluding hydrogens is 570 g/mol. The van der Waals surface area contributed by atoms with E-state index in [0.29, 0.717) is 25.7 Å². The van der Waals surface area contributed by atoms with E-state index in [4.69, 9.17) is 14.6 Å². The van der Waals surface area contributed by atoms with Gasteiger partial charge in [-0.05, 0) is 84.2 Å². The molecule has 0 unspecified atom stereocenters. The first kappa shape index (κ1) is 41.0. The zero-order chi connectivity index (χ0) is 34.1. The van der Waals surface area contributed by atoms with Gasteiger partial charge in [-0.2, -0.15) is 0 Å². The number of nitrogens with one attached hydrogen (secondary N) is 2. The van der Waals surface area contributed by atoms with Crippen molar-refractivity contribution in [2.45, 2.75) is 80.4 Å². The fourth-order valence-corrected chi connectivity index (χ4v) is 3.15. The number of amides is 1. The minimum Gasteiger partial charge on any atom is -0.489 e. The van der Waals surface area contributed by atoms with Crippen molar-refractivity contribution in [1.29, 1.82) is 0 Å². The van der Waals surface area contributed by atoms with E-state index < -0.39 is 10.5 Å². The summed E-state index contributed by atoms with van der Waals surface area (Å²) >= 11 is 0. The Morgan fingerprint density at radius 2 is 1.44 bits per heavy atom. The minimum atomic E-state index is -0.417. The molecule has 3 N–H and O–H groups in total. The number of carbonyl (C=O) groups excluding carboxylic acids is 1. The quantitative estimate of drug-likeness (QED) is 0.112. The van der Waals surface area contributed by atoms with Gasteiger partial charge >= 0.3 is 6.09 Å². The maximum Gasteiger partial charge on any atom is 0.407 e. The average molecular weight is 626 g/mol. The lowest BCUT2D eigenvalue weighted by Gasteiger charge is -2.19. The lowest BCUT2D eigenvalue weighted by atomic mass is 10.2. The van der Waals surface area contributed by atoms with Gasteiger partial charge in [-0.25, -0.2) is 4.79 Å². The highest BCUT2D eigenvalue weighted by atomic mass is 16.6. The molecule has 0 aliphatic heterocycles. The second-order valence-electron chi connectivity index (χ2n) is 11.8. The zero-order valence-electron chi connectivity index (χ0n) is 28.5. The Morgan fingerprint density at radius 1 is 0.911 bits per heavy atom. The summed E-state index contributed by atoms with van der Waals surface area (Å²) in [6, 6.07) is 24.7. The van der Waals surface area contributed by atoms with E-state index >= 15 is 0 Å². The van der Waals surface area contributed by atoms with Gasteiger partial charge in [0.05, 0.1) is 4.92 Å². The Bertz CT molecular complexity index is 1160. The van der Waals surface area contributed by atoms with Gasteiger partial charge in [0.2, 0.25) is 0 Å². The predicted molar refractivity (Wildman–Crippen MR) is 184 cm³/mol. The van der Waals surface area contributed by atoms with Crippen LogP contribution in [-0.2, 0) is 11.3 Å². The second-order valence-corrected chi connectivity index (χ2v) is 11.8. The molecule has 0 saturated carbocycles. The van der Waals surface area contributed by atoms with Crippen molar-refractivity contribution in [2.24, 2.45) is 5.92 Å². The topological polar surface area (TPSA) is 123 Å². The van der Waals surface area contributed by atoms with Gasteiger partial charge in [0.1, 0.15) is 18.0 Å². The molecule has 0 aliphatic rings. The van der Waals surface area contributed by atoms with Crippen LogP contribution < -0.4 is 15.4 Å². The Hall–Kier alpha value is -3.95. The van der Waals surface area contributed by atoms with Crippen LogP contribution in [0, 0.1) is 29.9 Å². The fourth-order valence-electron chi connectivity index (χ4n) is 3.15. The number of nitro groups is 1. The van der Waals surface area contributed by atoms with Crippen molar-refractivity contribution < 1.29 is 24.3 Å². The molecule has 0 atom stereocenters. The highest BCUT2D eigenvalue weighted by Crippen LogP contribution is 2.13. The Balaban J connectivity index is 0.000000620. The molecule has 0 saturated heterocycles. The van der Waals surface area contributed by atoms with E-state index in [9.17, 15) is 14.9 Å². The Labute approximate surface area is 270 Å². The standard InChI is InChI=1S/C14H14O.C12H26N2O2.C7H7NO2.C3H8O/c1-12-7-9-14(10-8-12)15-11-13-5-3-2-4-6-13;1-10(2)9-13-7-6-8-14-11(15)16-12(3,4)5;1-6-2-4-7(5-3-6)8(9)10;1-2-3-4/h2-10H,11H2,1H3;10,13H,6-9H2,1-5H3,(H,14,15);2-5H,1H3;4H,2-3H2,1H3. The van der Waals surface area contributed by atoms with E-state index in [0.717, 1.165) is 37.2 Å². The van der Waals surface area contributed by atoms with Crippen LogP contribution >= 0.6 is 0 Å². The van der Waals surface area contributed by atoms with Gasteiger partial charge in [-0.1, -0.05) is 86.5 Å². The number of hydrogen-bond acceptors (Lipinski definition) is 7. The highest BCUT2D eigenvalue weighted by Gasteiger charge is 2.15. The average Bonchev–Trinajstić information content (AvgIpc) is 2.99. The van der Waals surface area contributed by atoms with E-state index in [1.807, 2.05) is 65.0 Å². The number of aliphatic hydroxyl groups is 1. The van der Waals surface area contributed by atoms with E-state index in [-0.39, 0.29) is 11.8 Å². The molecular formula is C36H55N3O6. The summed E-state index contributed by atoms with van der Waals surface area (Å²) in [5.41, 5.74) is 3.20. The summed E-state index contributed by atoms with van der Waals surface area (Å²) in [7, 11) is 0. The molecule has 0 aromatic heterocycles. The van der Waals surface area contributed by atoms with Gasteiger partial charge in [0.15, 0.2) is 0 Å². The van der Waals surface area contributed by atoms with Gasteiger partial charge in [-0.15, -0.1) is 0 Å². The Morgan fingerprint density at radius 3 is 1.91 bits per heavy atom. The third-order valence-electron chi connectivity index (χ3n) is 5.49. The maximum atomic E-state index is 11.2. The number of nitrogens with zero attached hydrogens (tertiary/aromatic N) is 1. The van der Waals surface area contributed by atoms with E-state index in [1.54, 1.807) is 12.1 Å². The highest BCUT2D eigenvalue weighted by molar-refractivity contribution is 5.67. The van der Waals surface area contributed by atoms with Crippen molar-refractivity contribution >= 4 is 11.8 Å². The number of alkyl carbamates (subject to hydrolysis) is 1. The lowest BCUT2D eigenvalue weighted by molar-refractivity contribution is -0.384. The van der Waals surface area contributed by atoms with Crippen molar-refractivity contribution in [2.75, 3.05) is 26.2 Å². The molecule has 1 amide bonds. The molecule has 3 rings (SSSR count). The number of benzene rings is 3. The number of non-ortho nitro benzene ring substituents is 1. The smallest absolute Gasteiger partial charge is 0.407 e. The monoisotopic (exact) mass is 625 g/mol. The van der Waals surface area contributed by atoms with Gasteiger partial charge in [0, 0.05) is 25.3 Å². The van der Waals surface area contributed by atoms with Crippen LogP contribution in [0.25, 0.3) is 0 Å². The van der Waals surface area contributed by atoms with Crippen molar-refractivity contribution in [3.63, 3.8) is 0 Å². The van der Waals surface area contributed by atoms with Gasteiger partial charge < -0.3 is 25.2 Å². The molecule has 9 heteroatoms. The number of carbonyl (C=O) groups is 1. The third-order valence-corrected chi connectivity index (χ3v) is 5.49. The SMILES string of the molecule is CC(C)CNCCCNC(=O)OC(C)(C)C.CCCO.Cc1ccc(OCc2ccccc2)cc1.Cc1ccc([N+](=O)[O-])cc1. The van der Waals surface area contributed by atoms with Crippen molar-refractivity contribution in [3.8, 4) is 5.75 Å². The summed E-state index contributed by atoms with van der Waals surface area (Å²) in [4.78, 5) is 21.0. The molecule has 0 aliphatic carbocycles. The normalized spacial score (nSPS) is 10.2. The maximum absolute atomic E-state index is 11.2. The number of aliphatic hydroxyl groups excluding tert-OH is 1. The predicted octanol–water partition coefficient (Wildman–Crippen LogP) is 8.01. The molecule has 9 nitrogen and oxygen atoms in total. The molecule has 0 heterocycles. The third kappa shape index (κ3) is 25.1. The summed E-state index contributed by atoms with van der Waals surface area (Å²) in [5, 5.41) is 24.0. The molecule has 45 heavy (non-hydrogen) atoms. The first-order valence-electron chi connectivity index (χ1n) is 15.5. The van der Waals surface area contributed by atoms with Crippen molar-refractivity contribution in [3.05, 3.63) is 106 Å². The molecule has 3 aromatic rings. The summed E-state index contributed by atoms with van der Waals surface area (Å²) in [6.45, 7) is 19.4. The molecule has 0 radical (unpaired) electrons. The largest absolute Gasteiger partial charge is 0.489 e. The van der Waals surface area contributed by atoms with Crippen LogP contribution in [0.4, 0.5) is 10.5 Å². The first-order chi connectivity index (χ1) is 21.3. The van der Waals surface area contributed by atoms with Crippen LogP contribution in [0.2, 0.25) is 0 Å². The fraction of sp³-hybridized carbons (Fsp3) is 0.472. The number of aryl methyl sites for hydroxylation is 2.